The predicted octanol–water partition coefficient (Wildman–Crippen LogP) is 3.02. The number of H-pyrrole nitrogens is 1. The fourth-order valence-electron chi connectivity index (χ4n) is 3.51. The zero-order valence-corrected chi connectivity index (χ0v) is 12.2. The number of pyridine rings is 1. The molecule has 0 radical (unpaired) electrons. The highest BCUT2D eigenvalue weighted by Crippen LogP contribution is 2.39. The fourth-order valence-corrected chi connectivity index (χ4v) is 3.51. The average Bonchev–Trinajstić information content (AvgIpc) is 2.93. The van der Waals surface area contributed by atoms with Crippen LogP contribution < -0.4 is 5.56 Å². The van der Waals surface area contributed by atoms with Crippen molar-refractivity contribution in [2.45, 2.75) is 19.3 Å². The largest absolute Gasteiger partial charge is 0.396 e. The maximum atomic E-state index is 12.3. The molecule has 4 rings (SSSR count). The maximum absolute atomic E-state index is 12.3. The van der Waals surface area contributed by atoms with Crippen LogP contribution in [0.3, 0.4) is 0 Å². The first-order valence-corrected chi connectivity index (χ1v) is 7.65. The third kappa shape index (κ3) is 1.90. The van der Waals surface area contributed by atoms with Crippen molar-refractivity contribution in [3.05, 3.63) is 69.5 Å². The van der Waals surface area contributed by atoms with Crippen LogP contribution in [0.25, 0.3) is 22.0 Å². The molecule has 2 aromatic carbocycles. The highest BCUT2D eigenvalue weighted by atomic mass is 16.2. The molecule has 1 aromatic heterocycles. The molecular formula is C19H17NO2. The van der Waals surface area contributed by atoms with Gasteiger partial charge in [0, 0.05) is 24.0 Å². The Morgan fingerprint density at radius 2 is 1.82 bits per heavy atom. The molecule has 1 aliphatic rings. The zero-order valence-electron chi connectivity index (χ0n) is 12.2. The fraction of sp³-hybridized carbons (Fsp3) is 0.211. The molecule has 1 aliphatic carbocycles. The molecule has 0 saturated carbocycles. The molecule has 0 fully saturated rings. The molecule has 0 atom stereocenters. The summed E-state index contributed by atoms with van der Waals surface area (Å²) in [6.07, 6.45) is 2.49. The number of hydrogen-bond acceptors (Lipinski definition) is 2. The van der Waals surface area contributed by atoms with E-state index in [2.05, 4.69) is 17.1 Å². The van der Waals surface area contributed by atoms with Gasteiger partial charge in [-0.1, -0.05) is 36.4 Å². The Morgan fingerprint density at radius 1 is 1.00 bits per heavy atom. The quantitative estimate of drug-likeness (QED) is 0.609. The minimum atomic E-state index is -0.0250. The number of hydrogen-bond donors (Lipinski definition) is 2. The number of nitrogens with one attached hydrogen (secondary N) is 1. The second-order valence-electron chi connectivity index (χ2n) is 5.80. The maximum Gasteiger partial charge on any atom is 0.256 e. The molecule has 0 unspecified atom stereocenters. The minimum Gasteiger partial charge on any atom is -0.396 e. The van der Waals surface area contributed by atoms with Crippen molar-refractivity contribution < 1.29 is 5.11 Å². The summed E-state index contributed by atoms with van der Waals surface area (Å²) in [5, 5.41) is 10.9. The molecule has 3 heteroatoms. The zero-order chi connectivity index (χ0) is 15.1. The van der Waals surface area contributed by atoms with Crippen LogP contribution in [0.1, 0.15) is 23.1 Å². The Morgan fingerprint density at radius 3 is 2.64 bits per heavy atom. The lowest BCUT2D eigenvalue weighted by Gasteiger charge is -2.07. The molecule has 2 N–H and O–H groups in total. The average molecular weight is 291 g/mol. The Balaban J connectivity index is 1.95. The third-order valence-electron chi connectivity index (χ3n) is 4.54. The molecule has 22 heavy (non-hydrogen) atoms. The number of aliphatic hydroxyl groups excluding tert-OH is 1. The number of aromatic amines is 1. The number of aliphatic hydroxyl groups is 1. The van der Waals surface area contributed by atoms with Gasteiger partial charge in [-0.25, -0.2) is 0 Å². The highest BCUT2D eigenvalue weighted by Gasteiger charge is 2.24. The van der Waals surface area contributed by atoms with E-state index in [0.717, 1.165) is 41.3 Å². The number of rotatable bonds is 3. The lowest BCUT2D eigenvalue weighted by atomic mass is 9.98. The number of benzene rings is 2. The molecule has 0 aliphatic heterocycles. The first kappa shape index (κ1) is 13.3. The van der Waals surface area contributed by atoms with Gasteiger partial charge < -0.3 is 10.1 Å². The van der Waals surface area contributed by atoms with Crippen molar-refractivity contribution in [1.82, 2.24) is 4.98 Å². The van der Waals surface area contributed by atoms with E-state index in [1.165, 1.54) is 16.7 Å². The van der Waals surface area contributed by atoms with Crippen LogP contribution in [0.5, 0.6) is 0 Å². The molecular weight excluding hydrogens is 274 g/mol. The number of fused-ring (bicyclic) bond motifs is 5. The van der Waals surface area contributed by atoms with Gasteiger partial charge in [0.25, 0.3) is 5.56 Å². The van der Waals surface area contributed by atoms with Crippen LogP contribution in [-0.2, 0) is 12.8 Å². The Kier molecular flexibility index (Phi) is 3.09. The van der Waals surface area contributed by atoms with Gasteiger partial charge in [-0.15, -0.1) is 0 Å². The summed E-state index contributed by atoms with van der Waals surface area (Å²) >= 11 is 0. The molecule has 0 spiro atoms. The van der Waals surface area contributed by atoms with Crippen LogP contribution in [0.15, 0.2) is 47.3 Å². The first-order valence-electron chi connectivity index (χ1n) is 7.65. The molecule has 3 nitrogen and oxygen atoms in total. The molecule has 1 heterocycles. The van der Waals surface area contributed by atoms with Crippen LogP contribution in [-0.4, -0.2) is 16.7 Å². The molecule has 0 saturated heterocycles. The van der Waals surface area contributed by atoms with Gasteiger partial charge in [0.05, 0.1) is 5.69 Å². The Labute approximate surface area is 128 Å². The van der Waals surface area contributed by atoms with E-state index in [1.54, 1.807) is 0 Å². The van der Waals surface area contributed by atoms with E-state index in [1.807, 2.05) is 30.3 Å². The summed E-state index contributed by atoms with van der Waals surface area (Å²) in [4.78, 5) is 15.4. The third-order valence-corrected chi connectivity index (χ3v) is 4.54. The van der Waals surface area contributed by atoms with Crippen LogP contribution in [0.2, 0.25) is 0 Å². The molecule has 110 valence electrons. The smallest absolute Gasteiger partial charge is 0.256 e. The predicted molar refractivity (Wildman–Crippen MR) is 88.2 cm³/mol. The summed E-state index contributed by atoms with van der Waals surface area (Å²) in [5.74, 6) is 0. The van der Waals surface area contributed by atoms with Crippen molar-refractivity contribution in [2.75, 3.05) is 6.61 Å². The van der Waals surface area contributed by atoms with Crippen molar-refractivity contribution in [3.8, 4) is 11.3 Å². The van der Waals surface area contributed by atoms with Gasteiger partial charge in [0.1, 0.15) is 0 Å². The van der Waals surface area contributed by atoms with Gasteiger partial charge in [-0.3, -0.25) is 4.79 Å². The summed E-state index contributed by atoms with van der Waals surface area (Å²) in [7, 11) is 0. The van der Waals surface area contributed by atoms with Crippen molar-refractivity contribution in [2.24, 2.45) is 0 Å². The van der Waals surface area contributed by atoms with Crippen molar-refractivity contribution in [1.29, 1.82) is 0 Å². The van der Waals surface area contributed by atoms with Crippen LogP contribution in [0.4, 0.5) is 0 Å². The Hall–Kier alpha value is -2.39. The minimum absolute atomic E-state index is 0.0250. The van der Waals surface area contributed by atoms with E-state index in [4.69, 9.17) is 5.11 Å². The number of aromatic nitrogens is 1. The van der Waals surface area contributed by atoms with Crippen molar-refractivity contribution >= 4 is 10.8 Å². The van der Waals surface area contributed by atoms with E-state index in [9.17, 15) is 4.79 Å². The second kappa shape index (κ2) is 5.11. The van der Waals surface area contributed by atoms with Gasteiger partial charge in [0.2, 0.25) is 0 Å². The topological polar surface area (TPSA) is 53.1 Å². The summed E-state index contributed by atoms with van der Waals surface area (Å²) in [5.41, 5.74) is 5.84. The molecule has 3 aromatic rings. The van der Waals surface area contributed by atoms with Gasteiger partial charge >= 0.3 is 0 Å². The normalized spacial score (nSPS) is 12.4. The van der Waals surface area contributed by atoms with E-state index >= 15 is 0 Å². The SMILES string of the molecule is O=c1[nH]c2c(c3ccccc13)Cc1c(CCCO)cccc1-2. The second-order valence-corrected chi connectivity index (χ2v) is 5.80. The summed E-state index contributed by atoms with van der Waals surface area (Å²) < 4.78 is 0. The van der Waals surface area contributed by atoms with Crippen molar-refractivity contribution in [3.63, 3.8) is 0 Å². The van der Waals surface area contributed by atoms with Gasteiger partial charge in [0.15, 0.2) is 0 Å². The molecule has 0 amide bonds. The standard InChI is InChI=1S/C19H17NO2/c21-10-4-6-12-5-3-9-14-16(12)11-17-13-7-1-2-8-15(13)19(22)20-18(14)17/h1-3,5,7-9,21H,4,6,10-11H2,(H,20,22). The lowest BCUT2D eigenvalue weighted by molar-refractivity contribution is 0.288. The van der Waals surface area contributed by atoms with Crippen LogP contribution >= 0.6 is 0 Å². The van der Waals surface area contributed by atoms with Gasteiger partial charge in [-0.05, 0) is 41.0 Å². The number of aryl methyl sites for hydroxylation is 1. The van der Waals surface area contributed by atoms with E-state index < -0.39 is 0 Å². The monoisotopic (exact) mass is 291 g/mol. The summed E-state index contributed by atoms with van der Waals surface area (Å²) in [6.45, 7) is 0.205. The van der Waals surface area contributed by atoms with Crippen LogP contribution in [0, 0.1) is 0 Å². The lowest BCUT2D eigenvalue weighted by Crippen LogP contribution is -2.08. The Bertz CT molecular complexity index is 924. The van der Waals surface area contributed by atoms with Gasteiger partial charge in [-0.2, -0.15) is 0 Å². The van der Waals surface area contributed by atoms with E-state index in [-0.39, 0.29) is 12.2 Å². The summed E-state index contributed by atoms with van der Waals surface area (Å²) in [6, 6.07) is 14.0. The first-order chi connectivity index (χ1) is 10.8. The molecule has 0 bridgehead atoms. The van der Waals surface area contributed by atoms with E-state index in [0.29, 0.717) is 0 Å². The highest BCUT2D eigenvalue weighted by molar-refractivity contribution is 5.93.